The number of aliphatic hydroxyl groups excluding tert-OH is 1. The monoisotopic (exact) mass is 250 g/mol. The number of hydrogen-bond donors (Lipinski definition) is 2. The smallest absolute Gasteiger partial charge is 0.137 e. The van der Waals surface area contributed by atoms with Crippen molar-refractivity contribution >= 4 is 11.6 Å². The van der Waals surface area contributed by atoms with Crippen molar-refractivity contribution < 1.29 is 5.11 Å². The molecule has 2 N–H and O–H groups in total. The number of β-amino-alcohol motifs (C(OH)–C–C–N with tert-alkyl or cyclic N) is 1. The van der Waals surface area contributed by atoms with E-state index in [2.05, 4.69) is 27.1 Å². The molecule has 1 saturated heterocycles. The Balaban J connectivity index is 2.31. The molecule has 1 aliphatic heterocycles. The van der Waals surface area contributed by atoms with E-state index in [1.165, 1.54) is 0 Å². The third-order valence-electron chi connectivity index (χ3n) is 3.27. The van der Waals surface area contributed by atoms with Crippen LogP contribution < -0.4 is 10.2 Å². The van der Waals surface area contributed by atoms with E-state index >= 15 is 0 Å². The predicted molar refractivity (Wildman–Crippen MR) is 73.1 cm³/mol. The number of nitrogens with one attached hydrogen (secondary N) is 1. The molecule has 5 heteroatoms. The zero-order valence-corrected chi connectivity index (χ0v) is 11.4. The van der Waals surface area contributed by atoms with Crippen LogP contribution in [0.5, 0.6) is 0 Å². The minimum absolute atomic E-state index is 0.240. The molecule has 1 aliphatic rings. The first kappa shape index (κ1) is 13.1. The van der Waals surface area contributed by atoms with Crippen molar-refractivity contribution in [3.63, 3.8) is 0 Å². The first-order valence-corrected chi connectivity index (χ1v) is 6.64. The highest BCUT2D eigenvalue weighted by molar-refractivity contribution is 5.58. The van der Waals surface area contributed by atoms with E-state index in [0.29, 0.717) is 6.54 Å². The Morgan fingerprint density at radius 2 is 2.17 bits per heavy atom. The molecule has 0 bridgehead atoms. The van der Waals surface area contributed by atoms with Crippen LogP contribution in [0.4, 0.5) is 11.6 Å². The number of hydrogen-bond acceptors (Lipinski definition) is 5. The summed E-state index contributed by atoms with van der Waals surface area (Å²) >= 11 is 0. The molecule has 0 aliphatic carbocycles. The number of aryl methyl sites for hydroxylation is 1. The summed E-state index contributed by atoms with van der Waals surface area (Å²) in [6, 6.07) is 0. The van der Waals surface area contributed by atoms with Gasteiger partial charge in [0.1, 0.15) is 17.5 Å². The Labute approximate surface area is 108 Å². The molecule has 0 aromatic carbocycles. The lowest BCUT2D eigenvalue weighted by atomic mass is 10.1. The van der Waals surface area contributed by atoms with E-state index in [1.54, 1.807) is 0 Å². The van der Waals surface area contributed by atoms with Crippen LogP contribution in [0.2, 0.25) is 0 Å². The molecule has 5 nitrogen and oxygen atoms in total. The van der Waals surface area contributed by atoms with Crippen molar-refractivity contribution in [3.8, 4) is 0 Å². The largest absolute Gasteiger partial charge is 0.391 e. The van der Waals surface area contributed by atoms with Gasteiger partial charge < -0.3 is 15.3 Å². The van der Waals surface area contributed by atoms with Crippen LogP contribution in [0.15, 0.2) is 0 Å². The Hall–Kier alpha value is -1.36. The second-order valence-corrected chi connectivity index (χ2v) is 4.84. The average Bonchev–Trinajstić information content (AvgIpc) is 2.33. The Morgan fingerprint density at radius 1 is 1.39 bits per heavy atom. The van der Waals surface area contributed by atoms with Crippen LogP contribution >= 0.6 is 0 Å². The van der Waals surface area contributed by atoms with Crippen molar-refractivity contribution in [1.29, 1.82) is 0 Å². The van der Waals surface area contributed by atoms with Crippen LogP contribution in [0.3, 0.4) is 0 Å². The molecule has 0 amide bonds. The quantitative estimate of drug-likeness (QED) is 0.851. The summed E-state index contributed by atoms with van der Waals surface area (Å²) in [5.74, 6) is 2.63. The summed E-state index contributed by atoms with van der Waals surface area (Å²) in [7, 11) is 0. The standard InChI is InChI=1S/C13H22N4O/c1-4-14-12-9(2)13(16-10(3)15-12)17-7-5-6-11(18)8-17/h11,18H,4-8H2,1-3H3,(H,14,15,16). The second-order valence-electron chi connectivity index (χ2n) is 4.84. The third kappa shape index (κ3) is 2.72. The van der Waals surface area contributed by atoms with Gasteiger partial charge in [-0.05, 0) is 33.6 Å². The molecule has 2 heterocycles. The normalized spacial score (nSPS) is 20.0. The van der Waals surface area contributed by atoms with Crippen LogP contribution in [0.1, 0.15) is 31.2 Å². The minimum atomic E-state index is -0.240. The van der Waals surface area contributed by atoms with Gasteiger partial charge in [0.25, 0.3) is 0 Å². The molecule has 0 spiro atoms. The maximum absolute atomic E-state index is 9.77. The zero-order chi connectivity index (χ0) is 13.1. The fourth-order valence-corrected chi connectivity index (χ4v) is 2.41. The van der Waals surface area contributed by atoms with Gasteiger partial charge in [-0.1, -0.05) is 0 Å². The molecule has 2 rings (SSSR count). The maximum atomic E-state index is 9.77. The lowest BCUT2D eigenvalue weighted by Gasteiger charge is -2.32. The molecular weight excluding hydrogens is 228 g/mol. The highest BCUT2D eigenvalue weighted by Crippen LogP contribution is 2.26. The first-order chi connectivity index (χ1) is 8.61. The summed E-state index contributed by atoms with van der Waals surface area (Å²) in [4.78, 5) is 11.1. The van der Waals surface area contributed by atoms with Gasteiger partial charge in [0.2, 0.25) is 0 Å². The highest BCUT2D eigenvalue weighted by atomic mass is 16.3. The Kier molecular flexibility index (Phi) is 4.01. The van der Waals surface area contributed by atoms with Gasteiger partial charge in [0.15, 0.2) is 0 Å². The van der Waals surface area contributed by atoms with Gasteiger partial charge in [-0.15, -0.1) is 0 Å². The van der Waals surface area contributed by atoms with Gasteiger partial charge in [0.05, 0.1) is 6.10 Å². The SMILES string of the molecule is CCNc1nc(C)nc(N2CCCC(O)C2)c1C. The molecule has 0 saturated carbocycles. The third-order valence-corrected chi connectivity index (χ3v) is 3.27. The summed E-state index contributed by atoms with van der Waals surface area (Å²) in [6.07, 6.45) is 1.66. The number of aromatic nitrogens is 2. The molecule has 1 unspecified atom stereocenters. The average molecular weight is 250 g/mol. The summed E-state index contributed by atoms with van der Waals surface area (Å²) < 4.78 is 0. The predicted octanol–water partition coefficient (Wildman–Crippen LogP) is 1.49. The number of rotatable bonds is 3. The van der Waals surface area contributed by atoms with Crippen LogP contribution in [-0.4, -0.2) is 40.8 Å². The van der Waals surface area contributed by atoms with E-state index in [4.69, 9.17) is 0 Å². The molecule has 1 aromatic rings. The van der Waals surface area contributed by atoms with Crippen molar-refractivity contribution in [2.24, 2.45) is 0 Å². The van der Waals surface area contributed by atoms with E-state index in [0.717, 1.165) is 49.0 Å². The summed E-state index contributed by atoms with van der Waals surface area (Å²) in [5, 5.41) is 13.0. The molecule has 0 radical (unpaired) electrons. The first-order valence-electron chi connectivity index (χ1n) is 6.64. The van der Waals surface area contributed by atoms with Crippen molar-refractivity contribution in [1.82, 2.24) is 9.97 Å². The molecule has 1 fully saturated rings. The molecule has 1 aromatic heterocycles. The highest BCUT2D eigenvalue weighted by Gasteiger charge is 2.21. The minimum Gasteiger partial charge on any atom is -0.391 e. The molecule has 1 atom stereocenters. The number of nitrogens with zero attached hydrogens (tertiary/aromatic N) is 3. The van der Waals surface area contributed by atoms with Gasteiger partial charge in [0, 0.05) is 25.2 Å². The fourth-order valence-electron chi connectivity index (χ4n) is 2.41. The molecular formula is C13H22N4O. The van der Waals surface area contributed by atoms with E-state index in [-0.39, 0.29) is 6.10 Å². The van der Waals surface area contributed by atoms with Crippen molar-refractivity contribution in [3.05, 3.63) is 11.4 Å². The van der Waals surface area contributed by atoms with Crippen molar-refractivity contribution in [2.75, 3.05) is 29.9 Å². The number of anilines is 2. The summed E-state index contributed by atoms with van der Waals surface area (Å²) in [6.45, 7) is 8.47. The topological polar surface area (TPSA) is 61.3 Å². The lowest BCUT2D eigenvalue weighted by Crippen LogP contribution is -2.39. The van der Waals surface area contributed by atoms with Crippen LogP contribution in [0, 0.1) is 13.8 Å². The zero-order valence-electron chi connectivity index (χ0n) is 11.4. The van der Waals surface area contributed by atoms with Gasteiger partial charge in [-0.2, -0.15) is 0 Å². The van der Waals surface area contributed by atoms with E-state index in [1.807, 2.05) is 13.8 Å². The van der Waals surface area contributed by atoms with E-state index < -0.39 is 0 Å². The summed E-state index contributed by atoms with van der Waals surface area (Å²) in [5.41, 5.74) is 1.07. The van der Waals surface area contributed by atoms with Crippen LogP contribution in [0.25, 0.3) is 0 Å². The Morgan fingerprint density at radius 3 is 2.83 bits per heavy atom. The maximum Gasteiger partial charge on any atom is 0.137 e. The van der Waals surface area contributed by atoms with Gasteiger partial charge in [-0.3, -0.25) is 0 Å². The second kappa shape index (κ2) is 5.52. The molecule has 18 heavy (non-hydrogen) atoms. The van der Waals surface area contributed by atoms with Gasteiger partial charge in [-0.25, -0.2) is 9.97 Å². The van der Waals surface area contributed by atoms with Crippen LogP contribution in [-0.2, 0) is 0 Å². The Bertz CT molecular complexity index is 422. The molecule has 100 valence electrons. The van der Waals surface area contributed by atoms with Crippen molar-refractivity contribution in [2.45, 2.75) is 39.7 Å². The number of piperidine rings is 1. The lowest BCUT2D eigenvalue weighted by molar-refractivity contribution is 0.154. The van der Waals surface area contributed by atoms with Gasteiger partial charge >= 0.3 is 0 Å². The fraction of sp³-hybridized carbons (Fsp3) is 0.692. The van der Waals surface area contributed by atoms with E-state index in [9.17, 15) is 5.11 Å². The number of aliphatic hydroxyl groups is 1.